The number of hydrogen-bond donors (Lipinski definition) is 0. The topological polar surface area (TPSA) is 34.9 Å². The smallest absolute Gasteiger partial charge is 0.266 e. The Morgan fingerprint density at radius 3 is 2.27 bits per heavy atom. The average Bonchev–Trinajstić information content (AvgIpc) is 2.68. The van der Waals surface area contributed by atoms with Crippen molar-refractivity contribution in [3.05, 3.63) is 106 Å². The molecule has 26 heavy (non-hydrogen) atoms. The number of aromatic nitrogens is 2. The molecule has 4 aromatic rings. The molecule has 0 aliphatic carbocycles. The first-order valence-electron chi connectivity index (χ1n) is 8.23. The van der Waals surface area contributed by atoms with Crippen molar-refractivity contribution in [2.24, 2.45) is 0 Å². The summed E-state index contributed by atoms with van der Waals surface area (Å²) in [5.41, 5.74) is 2.34. The van der Waals surface area contributed by atoms with Crippen LogP contribution in [0, 0.1) is 0 Å². The van der Waals surface area contributed by atoms with Crippen molar-refractivity contribution in [1.82, 2.24) is 9.55 Å². The van der Waals surface area contributed by atoms with Crippen LogP contribution in [0.4, 0.5) is 0 Å². The van der Waals surface area contributed by atoms with Gasteiger partial charge in [-0.3, -0.25) is 9.36 Å². The quantitative estimate of drug-likeness (QED) is 0.504. The molecule has 0 saturated carbocycles. The summed E-state index contributed by atoms with van der Waals surface area (Å²) in [4.78, 5) is 17.8. The Labute approximate surface area is 155 Å². The maximum Gasteiger partial charge on any atom is 0.266 e. The van der Waals surface area contributed by atoms with Gasteiger partial charge in [-0.1, -0.05) is 60.1 Å². The maximum absolute atomic E-state index is 13.1. The zero-order chi connectivity index (χ0) is 17.9. The van der Waals surface area contributed by atoms with Crippen LogP contribution in [0.1, 0.15) is 11.4 Å². The molecule has 0 atom stereocenters. The van der Waals surface area contributed by atoms with E-state index in [9.17, 15) is 4.79 Å². The van der Waals surface area contributed by atoms with Crippen molar-refractivity contribution < 1.29 is 0 Å². The van der Waals surface area contributed by atoms with Crippen LogP contribution in [-0.2, 0) is 0 Å². The largest absolute Gasteiger partial charge is 0.268 e. The molecule has 0 spiro atoms. The number of fused-ring (bicyclic) bond motifs is 1. The fourth-order valence-corrected chi connectivity index (χ4v) is 2.96. The van der Waals surface area contributed by atoms with Crippen LogP contribution >= 0.6 is 11.6 Å². The Morgan fingerprint density at radius 1 is 0.808 bits per heavy atom. The summed E-state index contributed by atoms with van der Waals surface area (Å²) in [6.45, 7) is 0. The maximum atomic E-state index is 13.1. The van der Waals surface area contributed by atoms with Gasteiger partial charge in [0, 0.05) is 5.02 Å². The number of hydrogen-bond acceptors (Lipinski definition) is 2. The van der Waals surface area contributed by atoms with E-state index < -0.39 is 0 Å². The van der Waals surface area contributed by atoms with Crippen LogP contribution in [0.2, 0.25) is 5.02 Å². The molecule has 0 bridgehead atoms. The van der Waals surface area contributed by atoms with Gasteiger partial charge in [0.05, 0.1) is 16.6 Å². The second kappa shape index (κ2) is 6.98. The fourth-order valence-electron chi connectivity index (χ4n) is 2.84. The van der Waals surface area contributed by atoms with Crippen molar-refractivity contribution in [3.63, 3.8) is 0 Å². The molecule has 0 saturated heterocycles. The first-order chi connectivity index (χ1) is 12.7. The zero-order valence-electron chi connectivity index (χ0n) is 13.8. The van der Waals surface area contributed by atoms with Gasteiger partial charge >= 0.3 is 0 Å². The molecule has 3 aromatic carbocycles. The third-order valence-electron chi connectivity index (χ3n) is 4.11. The predicted octanol–water partition coefficient (Wildman–Crippen LogP) is 5.21. The van der Waals surface area contributed by atoms with Crippen molar-refractivity contribution in [1.29, 1.82) is 0 Å². The van der Waals surface area contributed by atoms with Gasteiger partial charge < -0.3 is 0 Å². The summed E-state index contributed by atoms with van der Waals surface area (Å²) in [6.07, 6.45) is 3.81. The Morgan fingerprint density at radius 2 is 1.50 bits per heavy atom. The van der Waals surface area contributed by atoms with Crippen molar-refractivity contribution in [2.45, 2.75) is 0 Å². The molecule has 126 valence electrons. The van der Waals surface area contributed by atoms with E-state index in [1.807, 2.05) is 72.8 Å². The summed E-state index contributed by atoms with van der Waals surface area (Å²) in [7, 11) is 0. The minimum atomic E-state index is -0.106. The monoisotopic (exact) mass is 358 g/mol. The lowest BCUT2D eigenvalue weighted by Gasteiger charge is -2.11. The Balaban J connectivity index is 1.95. The van der Waals surface area contributed by atoms with E-state index in [1.54, 1.807) is 22.8 Å². The first-order valence-corrected chi connectivity index (χ1v) is 8.61. The van der Waals surface area contributed by atoms with E-state index in [0.29, 0.717) is 21.7 Å². The van der Waals surface area contributed by atoms with Crippen LogP contribution in [0.25, 0.3) is 28.7 Å². The highest BCUT2D eigenvalue weighted by molar-refractivity contribution is 6.30. The number of rotatable bonds is 3. The highest BCUT2D eigenvalue weighted by atomic mass is 35.5. The second-order valence-electron chi connectivity index (χ2n) is 5.85. The molecule has 3 nitrogen and oxygen atoms in total. The minimum Gasteiger partial charge on any atom is -0.268 e. The van der Waals surface area contributed by atoms with E-state index in [4.69, 9.17) is 16.6 Å². The van der Waals surface area contributed by atoms with Gasteiger partial charge in [-0.05, 0) is 48.0 Å². The third-order valence-corrected chi connectivity index (χ3v) is 4.36. The number of benzene rings is 3. The molecular weight excluding hydrogens is 344 g/mol. The third kappa shape index (κ3) is 3.17. The van der Waals surface area contributed by atoms with Gasteiger partial charge in [-0.2, -0.15) is 0 Å². The molecule has 4 heteroatoms. The molecule has 0 radical (unpaired) electrons. The second-order valence-corrected chi connectivity index (χ2v) is 6.28. The molecule has 0 unspecified atom stereocenters. The van der Waals surface area contributed by atoms with Gasteiger partial charge in [-0.15, -0.1) is 0 Å². The summed E-state index contributed by atoms with van der Waals surface area (Å²) < 4.78 is 1.61. The van der Waals surface area contributed by atoms with E-state index in [0.717, 1.165) is 11.3 Å². The molecular formula is C22H15ClN2O. The molecule has 0 aliphatic heterocycles. The molecule has 1 aromatic heterocycles. The van der Waals surface area contributed by atoms with Gasteiger partial charge in [0.1, 0.15) is 5.82 Å². The highest BCUT2D eigenvalue weighted by Crippen LogP contribution is 2.17. The Kier molecular flexibility index (Phi) is 4.38. The van der Waals surface area contributed by atoms with E-state index in [1.165, 1.54) is 0 Å². The molecule has 0 fully saturated rings. The molecule has 4 rings (SSSR count). The van der Waals surface area contributed by atoms with E-state index in [-0.39, 0.29) is 5.56 Å². The summed E-state index contributed by atoms with van der Waals surface area (Å²) in [5.74, 6) is 0.569. The SMILES string of the molecule is O=c1c2ccccc2nc(C=Cc2ccccc2)n1-c1ccc(Cl)cc1. The molecule has 0 N–H and O–H groups in total. The summed E-state index contributed by atoms with van der Waals surface area (Å²) in [6, 6.07) is 24.5. The standard InChI is InChI=1S/C22H15ClN2O/c23-17-11-13-18(14-12-17)25-21(15-10-16-6-2-1-3-7-16)24-20-9-5-4-8-19(20)22(25)26/h1-15H. The Hall–Kier alpha value is -3.17. The molecule has 1 heterocycles. The van der Waals surface area contributed by atoms with Crippen molar-refractivity contribution >= 4 is 34.7 Å². The average molecular weight is 359 g/mol. The number of para-hydroxylation sites is 1. The molecule has 0 aliphatic rings. The number of nitrogens with zero attached hydrogens (tertiary/aromatic N) is 2. The normalized spacial score (nSPS) is 11.3. The predicted molar refractivity (Wildman–Crippen MR) is 108 cm³/mol. The van der Waals surface area contributed by atoms with Gasteiger partial charge in [0.2, 0.25) is 0 Å². The van der Waals surface area contributed by atoms with Crippen LogP contribution in [0.5, 0.6) is 0 Å². The summed E-state index contributed by atoms with van der Waals surface area (Å²) in [5, 5.41) is 1.20. The lowest BCUT2D eigenvalue weighted by atomic mass is 10.2. The van der Waals surface area contributed by atoms with Crippen molar-refractivity contribution in [2.75, 3.05) is 0 Å². The van der Waals surface area contributed by atoms with E-state index >= 15 is 0 Å². The van der Waals surface area contributed by atoms with E-state index in [2.05, 4.69) is 0 Å². The van der Waals surface area contributed by atoms with Crippen molar-refractivity contribution in [3.8, 4) is 5.69 Å². The van der Waals surface area contributed by atoms with Gasteiger partial charge in [0.15, 0.2) is 0 Å². The number of halogens is 1. The van der Waals surface area contributed by atoms with Crippen LogP contribution in [0.15, 0.2) is 83.7 Å². The molecule has 0 amide bonds. The lowest BCUT2D eigenvalue weighted by molar-refractivity contribution is 0.944. The Bertz CT molecular complexity index is 1150. The zero-order valence-corrected chi connectivity index (χ0v) is 14.6. The van der Waals surface area contributed by atoms with Crippen LogP contribution in [0.3, 0.4) is 0 Å². The van der Waals surface area contributed by atoms with Gasteiger partial charge in [-0.25, -0.2) is 4.98 Å². The van der Waals surface area contributed by atoms with Gasteiger partial charge in [0.25, 0.3) is 5.56 Å². The lowest BCUT2D eigenvalue weighted by Crippen LogP contribution is -2.22. The fraction of sp³-hybridized carbons (Fsp3) is 0. The minimum absolute atomic E-state index is 0.106. The van der Waals surface area contributed by atoms with Crippen LogP contribution < -0.4 is 5.56 Å². The first kappa shape index (κ1) is 16.3. The summed E-state index contributed by atoms with van der Waals surface area (Å²) >= 11 is 6.00. The highest BCUT2D eigenvalue weighted by Gasteiger charge is 2.10. The van der Waals surface area contributed by atoms with Crippen LogP contribution in [-0.4, -0.2) is 9.55 Å².